The number of nitrogens with two attached hydrogens (primary N) is 1. The first-order chi connectivity index (χ1) is 6.15. The Morgan fingerprint density at radius 3 is 2.54 bits per heavy atom. The first-order valence-electron chi connectivity index (χ1n) is 5.85. The summed E-state index contributed by atoms with van der Waals surface area (Å²) < 4.78 is 0. The van der Waals surface area contributed by atoms with Gasteiger partial charge in [0, 0.05) is 0 Å². The van der Waals surface area contributed by atoms with Gasteiger partial charge in [0.1, 0.15) is 0 Å². The van der Waals surface area contributed by atoms with Crippen LogP contribution in [0.25, 0.3) is 0 Å². The Balaban J connectivity index is 2.41. The van der Waals surface area contributed by atoms with E-state index in [4.69, 9.17) is 5.73 Å². The summed E-state index contributed by atoms with van der Waals surface area (Å²) in [5.74, 6) is 3.43. The Bertz CT molecular complexity index is 144. The van der Waals surface area contributed by atoms with E-state index in [0.29, 0.717) is 5.92 Å². The van der Waals surface area contributed by atoms with Crippen LogP contribution < -0.4 is 5.73 Å². The Hall–Kier alpha value is -0.0400. The second kappa shape index (κ2) is 4.99. The third-order valence-electron chi connectivity index (χ3n) is 3.99. The highest BCUT2D eigenvalue weighted by molar-refractivity contribution is 4.77. The normalized spacial score (nSPS) is 34.2. The third kappa shape index (κ3) is 2.98. The topological polar surface area (TPSA) is 26.0 Å². The van der Waals surface area contributed by atoms with E-state index in [0.717, 1.165) is 24.3 Å². The van der Waals surface area contributed by atoms with E-state index in [1.54, 1.807) is 0 Å². The van der Waals surface area contributed by atoms with Crippen LogP contribution in [0.5, 0.6) is 0 Å². The van der Waals surface area contributed by atoms with E-state index in [-0.39, 0.29) is 0 Å². The van der Waals surface area contributed by atoms with Gasteiger partial charge in [-0.15, -0.1) is 0 Å². The van der Waals surface area contributed by atoms with Gasteiger partial charge in [-0.1, -0.05) is 40.0 Å². The summed E-state index contributed by atoms with van der Waals surface area (Å²) in [6.07, 6.45) is 5.76. The van der Waals surface area contributed by atoms with E-state index in [1.807, 2.05) is 0 Å². The molecule has 1 fully saturated rings. The lowest BCUT2D eigenvalue weighted by molar-refractivity contribution is 0.174. The Labute approximate surface area is 83.1 Å². The molecule has 0 aromatic carbocycles. The van der Waals surface area contributed by atoms with Crippen molar-refractivity contribution in [1.29, 1.82) is 0 Å². The van der Waals surface area contributed by atoms with Gasteiger partial charge in [0.15, 0.2) is 0 Å². The van der Waals surface area contributed by atoms with Crippen LogP contribution in [0.2, 0.25) is 0 Å². The number of hydrogen-bond donors (Lipinski definition) is 1. The van der Waals surface area contributed by atoms with Gasteiger partial charge in [-0.3, -0.25) is 0 Å². The lowest BCUT2D eigenvalue weighted by Crippen LogP contribution is -2.28. The summed E-state index contributed by atoms with van der Waals surface area (Å²) >= 11 is 0. The monoisotopic (exact) mass is 183 g/mol. The standard InChI is InChI=1S/C12H25N/c1-9-5-4-6-12(7-9)11(3)10(2)8-13/h9-12H,4-8,13H2,1-3H3. The summed E-state index contributed by atoms with van der Waals surface area (Å²) in [6, 6.07) is 0. The molecule has 0 spiro atoms. The summed E-state index contributed by atoms with van der Waals surface area (Å²) in [5.41, 5.74) is 5.71. The summed E-state index contributed by atoms with van der Waals surface area (Å²) in [5, 5.41) is 0. The Morgan fingerprint density at radius 2 is 2.00 bits per heavy atom. The fourth-order valence-electron chi connectivity index (χ4n) is 2.64. The molecule has 1 nitrogen and oxygen atoms in total. The highest BCUT2D eigenvalue weighted by Gasteiger charge is 2.26. The van der Waals surface area contributed by atoms with E-state index in [1.165, 1.54) is 25.7 Å². The van der Waals surface area contributed by atoms with Crippen LogP contribution in [-0.2, 0) is 0 Å². The van der Waals surface area contributed by atoms with Crippen LogP contribution in [0, 0.1) is 23.7 Å². The van der Waals surface area contributed by atoms with Gasteiger partial charge in [0.2, 0.25) is 0 Å². The number of hydrogen-bond acceptors (Lipinski definition) is 1. The van der Waals surface area contributed by atoms with Crippen molar-refractivity contribution in [3.05, 3.63) is 0 Å². The average Bonchev–Trinajstić information content (AvgIpc) is 2.15. The van der Waals surface area contributed by atoms with E-state index in [9.17, 15) is 0 Å². The van der Waals surface area contributed by atoms with Crippen molar-refractivity contribution in [2.75, 3.05) is 6.54 Å². The lowest BCUT2D eigenvalue weighted by atomic mass is 9.72. The molecule has 1 heteroatoms. The van der Waals surface area contributed by atoms with Crippen LogP contribution in [0.3, 0.4) is 0 Å². The fourth-order valence-corrected chi connectivity index (χ4v) is 2.64. The zero-order valence-electron chi connectivity index (χ0n) is 9.42. The largest absolute Gasteiger partial charge is 0.330 e. The van der Waals surface area contributed by atoms with Crippen LogP contribution >= 0.6 is 0 Å². The molecule has 1 rings (SSSR count). The average molecular weight is 183 g/mol. The zero-order valence-corrected chi connectivity index (χ0v) is 9.42. The molecular formula is C12H25N. The summed E-state index contributed by atoms with van der Waals surface area (Å²) in [7, 11) is 0. The molecule has 0 aromatic rings. The molecule has 0 amide bonds. The van der Waals surface area contributed by atoms with Crippen molar-refractivity contribution >= 4 is 0 Å². The van der Waals surface area contributed by atoms with Crippen LogP contribution in [0.4, 0.5) is 0 Å². The quantitative estimate of drug-likeness (QED) is 0.715. The van der Waals surface area contributed by atoms with Gasteiger partial charge in [-0.05, 0) is 36.6 Å². The Morgan fingerprint density at radius 1 is 1.31 bits per heavy atom. The molecule has 0 aromatic heterocycles. The minimum Gasteiger partial charge on any atom is -0.330 e. The molecular weight excluding hydrogens is 158 g/mol. The van der Waals surface area contributed by atoms with E-state index >= 15 is 0 Å². The highest BCUT2D eigenvalue weighted by atomic mass is 14.6. The third-order valence-corrected chi connectivity index (χ3v) is 3.99. The predicted molar refractivity (Wildman–Crippen MR) is 58.5 cm³/mol. The van der Waals surface area contributed by atoms with Gasteiger partial charge in [0.25, 0.3) is 0 Å². The van der Waals surface area contributed by atoms with E-state index in [2.05, 4.69) is 20.8 Å². The second-order valence-corrected chi connectivity index (χ2v) is 5.10. The molecule has 0 radical (unpaired) electrons. The van der Waals surface area contributed by atoms with Gasteiger partial charge in [0.05, 0.1) is 0 Å². The van der Waals surface area contributed by atoms with Gasteiger partial charge >= 0.3 is 0 Å². The molecule has 13 heavy (non-hydrogen) atoms. The van der Waals surface area contributed by atoms with Crippen LogP contribution in [-0.4, -0.2) is 6.54 Å². The first-order valence-corrected chi connectivity index (χ1v) is 5.85. The zero-order chi connectivity index (χ0) is 9.84. The first kappa shape index (κ1) is 11.0. The smallest absolute Gasteiger partial charge is 0.00489 e. The van der Waals surface area contributed by atoms with Crippen molar-refractivity contribution in [3.8, 4) is 0 Å². The Kier molecular flexibility index (Phi) is 4.24. The predicted octanol–water partition coefficient (Wildman–Crippen LogP) is 3.04. The highest BCUT2D eigenvalue weighted by Crippen LogP contribution is 2.36. The van der Waals surface area contributed by atoms with Gasteiger partial charge in [-0.25, -0.2) is 0 Å². The molecule has 1 aliphatic carbocycles. The molecule has 4 atom stereocenters. The molecule has 1 saturated carbocycles. The molecule has 78 valence electrons. The maximum Gasteiger partial charge on any atom is -0.00489 e. The van der Waals surface area contributed by atoms with Crippen molar-refractivity contribution in [2.45, 2.75) is 46.5 Å². The summed E-state index contributed by atoms with van der Waals surface area (Å²) in [6.45, 7) is 7.93. The number of rotatable bonds is 3. The van der Waals surface area contributed by atoms with Crippen molar-refractivity contribution < 1.29 is 0 Å². The minimum atomic E-state index is 0.704. The van der Waals surface area contributed by atoms with E-state index < -0.39 is 0 Å². The van der Waals surface area contributed by atoms with Crippen LogP contribution in [0.1, 0.15) is 46.5 Å². The molecule has 1 aliphatic rings. The molecule has 0 aliphatic heterocycles. The molecule has 0 heterocycles. The second-order valence-electron chi connectivity index (χ2n) is 5.10. The van der Waals surface area contributed by atoms with Gasteiger partial charge < -0.3 is 5.73 Å². The van der Waals surface area contributed by atoms with Crippen molar-refractivity contribution in [2.24, 2.45) is 29.4 Å². The van der Waals surface area contributed by atoms with Crippen molar-refractivity contribution in [3.63, 3.8) is 0 Å². The maximum absolute atomic E-state index is 5.71. The van der Waals surface area contributed by atoms with Crippen LogP contribution in [0.15, 0.2) is 0 Å². The van der Waals surface area contributed by atoms with Crippen molar-refractivity contribution in [1.82, 2.24) is 0 Å². The molecule has 0 saturated heterocycles. The summed E-state index contributed by atoms with van der Waals surface area (Å²) in [4.78, 5) is 0. The fraction of sp³-hybridized carbons (Fsp3) is 1.00. The SMILES string of the molecule is CC1CCCC(C(C)C(C)CN)C1. The molecule has 4 unspecified atom stereocenters. The molecule has 0 bridgehead atoms. The lowest BCUT2D eigenvalue weighted by Gasteiger charge is -2.34. The minimum absolute atomic E-state index is 0.704. The molecule has 2 N–H and O–H groups in total. The van der Waals surface area contributed by atoms with Gasteiger partial charge in [-0.2, -0.15) is 0 Å². The maximum atomic E-state index is 5.71.